The number of hydrogen-bond acceptors (Lipinski definition) is 6. The molecule has 0 saturated carbocycles. The standard InChI is InChI=1S/C17H13FN2O5S/c18-9-1-2-16-10(5-9)12(3-4-26-16)19-17(21)11-6-14-15(25-8-24-14)7-13(11)20(22)23/h1-2,5-7,12H,3-4,8H2,(H,19,21). The summed E-state index contributed by atoms with van der Waals surface area (Å²) in [7, 11) is 0. The van der Waals surface area contributed by atoms with Crippen molar-refractivity contribution in [2.75, 3.05) is 12.5 Å². The van der Waals surface area contributed by atoms with Crippen LogP contribution in [0, 0.1) is 15.9 Å². The SMILES string of the molecule is O=C(NC1CCSc2ccc(F)cc21)c1cc2c(cc1[N+](=O)[O-])OCO2. The van der Waals surface area contributed by atoms with E-state index in [0.29, 0.717) is 12.0 Å². The zero-order chi connectivity index (χ0) is 18.3. The molecule has 26 heavy (non-hydrogen) atoms. The van der Waals surface area contributed by atoms with E-state index < -0.39 is 16.9 Å². The quantitative estimate of drug-likeness (QED) is 0.652. The molecule has 0 aromatic heterocycles. The molecule has 1 amide bonds. The number of halogens is 1. The minimum absolute atomic E-state index is 0.0515. The van der Waals surface area contributed by atoms with Crippen molar-refractivity contribution in [2.24, 2.45) is 0 Å². The van der Waals surface area contributed by atoms with Gasteiger partial charge in [-0.25, -0.2) is 4.39 Å². The first-order valence-electron chi connectivity index (χ1n) is 7.84. The normalized spacial score (nSPS) is 17.5. The third-order valence-electron chi connectivity index (χ3n) is 4.25. The summed E-state index contributed by atoms with van der Waals surface area (Å²) < 4.78 is 23.9. The number of carbonyl (C=O) groups is 1. The van der Waals surface area contributed by atoms with Crippen LogP contribution in [0.15, 0.2) is 35.2 Å². The van der Waals surface area contributed by atoms with Crippen LogP contribution in [0.3, 0.4) is 0 Å². The first-order valence-corrected chi connectivity index (χ1v) is 8.82. The number of nitrogens with one attached hydrogen (secondary N) is 1. The maximum absolute atomic E-state index is 13.6. The van der Waals surface area contributed by atoms with E-state index in [0.717, 1.165) is 10.6 Å². The Kier molecular flexibility index (Phi) is 4.15. The molecular weight excluding hydrogens is 363 g/mol. The molecule has 1 unspecified atom stereocenters. The first kappa shape index (κ1) is 16.6. The summed E-state index contributed by atoms with van der Waals surface area (Å²) in [5, 5.41) is 14.1. The molecule has 0 fully saturated rings. The molecule has 0 radical (unpaired) electrons. The van der Waals surface area contributed by atoms with Crippen molar-refractivity contribution in [2.45, 2.75) is 17.4 Å². The van der Waals surface area contributed by atoms with Gasteiger partial charge in [0, 0.05) is 16.7 Å². The molecule has 1 N–H and O–H groups in total. The lowest BCUT2D eigenvalue weighted by atomic mass is 10.0. The Morgan fingerprint density at radius 1 is 1.27 bits per heavy atom. The third kappa shape index (κ3) is 2.94. The van der Waals surface area contributed by atoms with Crippen molar-refractivity contribution >= 4 is 23.4 Å². The molecule has 0 saturated heterocycles. The van der Waals surface area contributed by atoms with Gasteiger partial charge in [0.05, 0.1) is 17.0 Å². The Morgan fingerprint density at radius 3 is 2.81 bits per heavy atom. The molecule has 2 heterocycles. The first-order chi connectivity index (χ1) is 12.5. The number of nitro benzene ring substituents is 1. The van der Waals surface area contributed by atoms with Crippen LogP contribution in [-0.4, -0.2) is 23.4 Å². The minimum Gasteiger partial charge on any atom is -0.454 e. The van der Waals surface area contributed by atoms with Crippen LogP contribution < -0.4 is 14.8 Å². The van der Waals surface area contributed by atoms with Crippen molar-refractivity contribution < 1.29 is 23.6 Å². The molecule has 0 spiro atoms. The van der Waals surface area contributed by atoms with Gasteiger partial charge in [-0.15, -0.1) is 11.8 Å². The number of benzene rings is 2. The van der Waals surface area contributed by atoms with Gasteiger partial charge in [0.25, 0.3) is 11.6 Å². The van der Waals surface area contributed by atoms with Crippen LogP contribution in [0.5, 0.6) is 11.5 Å². The molecule has 2 aliphatic heterocycles. The molecule has 1 atom stereocenters. The predicted octanol–water partition coefficient (Wildman–Crippen LogP) is 3.43. The average Bonchev–Trinajstić information content (AvgIpc) is 3.08. The van der Waals surface area contributed by atoms with Crippen LogP contribution in [0.4, 0.5) is 10.1 Å². The molecule has 4 rings (SSSR count). The molecule has 2 aliphatic rings. The number of thioether (sulfide) groups is 1. The molecule has 2 aromatic carbocycles. The van der Waals surface area contributed by atoms with Gasteiger partial charge in [0.15, 0.2) is 11.5 Å². The highest BCUT2D eigenvalue weighted by molar-refractivity contribution is 7.99. The summed E-state index contributed by atoms with van der Waals surface area (Å²) in [6.07, 6.45) is 0.602. The summed E-state index contributed by atoms with van der Waals surface area (Å²) in [6.45, 7) is -0.0515. The summed E-state index contributed by atoms with van der Waals surface area (Å²) in [5.74, 6) is 0.273. The van der Waals surface area contributed by atoms with Gasteiger partial charge in [-0.05, 0) is 30.2 Å². The van der Waals surface area contributed by atoms with Crippen molar-refractivity contribution in [3.8, 4) is 11.5 Å². The highest BCUT2D eigenvalue weighted by Gasteiger charge is 2.30. The van der Waals surface area contributed by atoms with Gasteiger partial charge in [-0.2, -0.15) is 0 Å². The number of hydrogen-bond donors (Lipinski definition) is 1. The predicted molar refractivity (Wildman–Crippen MR) is 91.2 cm³/mol. The summed E-state index contributed by atoms with van der Waals surface area (Å²) in [4.78, 5) is 24.3. The van der Waals surface area contributed by atoms with Gasteiger partial charge in [0.1, 0.15) is 11.4 Å². The Balaban J connectivity index is 1.66. The molecule has 0 aliphatic carbocycles. The lowest BCUT2D eigenvalue weighted by molar-refractivity contribution is -0.385. The Hall–Kier alpha value is -2.81. The van der Waals surface area contributed by atoms with Crippen molar-refractivity contribution in [1.29, 1.82) is 0 Å². The van der Waals surface area contributed by atoms with Crippen molar-refractivity contribution in [3.63, 3.8) is 0 Å². The van der Waals surface area contributed by atoms with Crippen LogP contribution in [0.25, 0.3) is 0 Å². The number of fused-ring (bicyclic) bond motifs is 2. The lowest BCUT2D eigenvalue weighted by Crippen LogP contribution is -2.31. The molecular formula is C17H13FN2O5S. The Labute approximate surface area is 151 Å². The smallest absolute Gasteiger partial charge is 0.286 e. The maximum Gasteiger partial charge on any atom is 0.286 e. The fourth-order valence-electron chi connectivity index (χ4n) is 3.02. The largest absolute Gasteiger partial charge is 0.454 e. The second-order valence-corrected chi connectivity index (χ2v) is 6.96. The summed E-state index contributed by atoms with van der Waals surface area (Å²) in [5.41, 5.74) is 0.199. The second-order valence-electron chi connectivity index (χ2n) is 5.83. The lowest BCUT2D eigenvalue weighted by Gasteiger charge is -2.26. The van der Waals surface area contributed by atoms with E-state index in [1.165, 1.54) is 24.3 Å². The number of rotatable bonds is 3. The van der Waals surface area contributed by atoms with E-state index in [-0.39, 0.29) is 35.4 Å². The van der Waals surface area contributed by atoms with E-state index in [2.05, 4.69) is 5.32 Å². The van der Waals surface area contributed by atoms with Crippen LogP contribution >= 0.6 is 11.8 Å². The number of amides is 1. The van der Waals surface area contributed by atoms with Crippen molar-refractivity contribution in [3.05, 3.63) is 57.4 Å². The topological polar surface area (TPSA) is 90.7 Å². The van der Waals surface area contributed by atoms with E-state index in [1.807, 2.05) is 0 Å². The summed E-state index contributed by atoms with van der Waals surface area (Å²) in [6, 6.07) is 6.51. The zero-order valence-electron chi connectivity index (χ0n) is 13.4. The minimum atomic E-state index is -0.638. The van der Waals surface area contributed by atoms with Gasteiger partial charge in [0.2, 0.25) is 6.79 Å². The summed E-state index contributed by atoms with van der Waals surface area (Å²) >= 11 is 1.59. The van der Waals surface area contributed by atoms with Gasteiger partial charge < -0.3 is 14.8 Å². The van der Waals surface area contributed by atoms with Gasteiger partial charge in [-0.3, -0.25) is 14.9 Å². The van der Waals surface area contributed by atoms with Gasteiger partial charge >= 0.3 is 0 Å². The molecule has 9 heteroatoms. The van der Waals surface area contributed by atoms with E-state index in [9.17, 15) is 19.3 Å². The van der Waals surface area contributed by atoms with E-state index in [4.69, 9.17) is 9.47 Å². The van der Waals surface area contributed by atoms with Crippen molar-refractivity contribution in [1.82, 2.24) is 5.32 Å². The van der Waals surface area contributed by atoms with E-state index in [1.54, 1.807) is 17.8 Å². The fraction of sp³-hybridized carbons (Fsp3) is 0.235. The fourth-order valence-corrected chi connectivity index (χ4v) is 4.12. The number of nitro groups is 1. The molecule has 2 aromatic rings. The average molecular weight is 376 g/mol. The number of ether oxygens (including phenoxy) is 2. The molecule has 0 bridgehead atoms. The number of nitrogens with zero attached hydrogens (tertiary/aromatic N) is 1. The van der Waals surface area contributed by atoms with E-state index >= 15 is 0 Å². The van der Waals surface area contributed by atoms with Gasteiger partial charge in [-0.1, -0.05) is 0 Å². The highest BCUT2D eigenvalue weighted by atomic mass is 32.2. The molecule has 134 valence electrons. The van der Waals surface area contributed by atoms with Crippen LogP contribution in [0.1, 0.15) is 28.4 Å². The van der Waals surface area contributed by atoms with Crippen LogP contribution in [0.2, 0.25) is 0 Å². The zero-order valence-corrected chi connectivity index (χ0v) is 14.2. The monoisotopic (exact) mass is 376 g/mol. The highest BCUT2D eigenvalue weighted by Crippen LogP contribution is 2.39. The Morgan fingerprint density at radius 2 is 2.04 bits per heavy atom. The Bertz CT molecular complexity index is 920. The third-order valence-corrected chi connectivity index (χ3v) is 5.37. The molecule has 7 nitrogen and oxygen atoms in total. The van der Waals surface area contributed by atoms with Crippen LogP contribution in [-0.2, 0) is 0 Å². The number of carbonyl (C=O) groups excluding carboxylic acids is 1. The maximum atomic E-state index is 13.6. The second kappa shape index (κ2) is 6.49.